The van der Waals surface area contributed by atoms with Gasteiger partial charge in [-0.3, -0.25) is 0 Å². The lowest BCUT2D eigenvalue weighted by atomic mass is 10.1. The third-order valence-corrected chi connectivity index (χ3v) is 4.57. The number of halogens is 2. The van der Waals surface area contributed by atoms with Crippen LogP contribution in [-0.2, 0) is 13.2 Å². The molecule has 2 rings (SSSR count). The minimum absolute atomic E-state index is 0. The second-order valence-electron chi connectivity index (χ2n) is 6.49. The fourth-order valence-corrected chi connectivity index (χ4v) is 2.90. The Morgan fingerprint density at radius 3 is 2.30 bits per heavy atom. The first-order valence-corrected chi connectivity index (χ1v) is 9.85. The average molecular weight is 412 g/mol. The van der Waals surface area contributed by atoms with Gasteiger partial charge in [-0.15, -0.1) is 12.4 Å². The standard InChI is InChI=1S/C22H30ClNO2.ClH/c1-3-4-5-6-7-14-24-16-19-10-13-21(22(15-19)25-2)26-17-18-8-11-20(23)12-9-18;/h8-13,15,24H,3-7,14,16-17H2,1-2H3;1H. The molecule has 0 aliphatic carbocycles. The van der Waals surface area contributed by atoms with Crippen LogP contribution in [0.2, 0.25) is 5.02 Å². The van der Waals surface area contributed by atoms with Gasteiger partial charge in [0, 0.05) is 11.6 Å². The van der Waals surface area contributed by atoms with E-state index in [9.17, 15) is 0 Å². The molecule has 0 bridgehead atoms. The molecule has 0 saturated carbocycles. The van der Waals surface area contributed by atoms with Crippen molar-refractivity contribution < 1.29 is 9.47 Å². The van der Waals surface area contributed by atoms with Gasteiger partial charge >= 0.3 is 0 Å². The number of unbranched alkanes of at least 4 members (excludes halogenated alkanes) is 4. The van der Waals surface area contributed by atoms with E-state index >= 15 is 0 Å². The summed E-state index contributed by atoms with van der Waals surface area (Å²) in [4.78, 5) is 0. The highest BCUT2D eigenvalue weighted by atomic mass is 35.5. The summed E-state index contributed by atoms with van der Waals surface area (Å²) >= 11 is 5.91. The van der Waals surface area contributed by atoms with Gasteiger partial charge in [-0.25, -0.2) is 0 Å². The summed E-state index contributed by atoms with van der Waals surface area (Å²) in [5, 5.41) is 4.23. The van der Waals surface area contributed by atoms with E-state index in [2.05, 4.69) is 18.3 Å². The number of hydrogen-bond donors (Lipinski definition) is 1. The molecular weight excluding hydrogens is 381 g/mol. The lowest BCUT2D eigenvalue weighted by Gasteiger charge is -2.13. The Bertz CT molecular complexity index is 647. The molecule has 0 fully saturated rings. The maximum Gasteiger partial charge on any atom is 0.161 e. The van der Waals surface area contributed by atoms with Crippen LogP contribution < -0.4 is 14.8 Å². The number of rotatable bonds is 12. The first-order valence-electron chi connectivity index (χ1n) is 9.47. The summed E-state index contributed by atoms with van der Waals surface area (Å²) in [6.45, 7) is 4.64. The topological polar surface area (TPSA) is 30.5 Å². The molecule has 150 valence electrons. The van der Waals surface area contributed by atoms with Crippen LogP contribution in [0, 0.1) is 0 Å². The molecule has 0 unspecified atom stereocenters. The molecule has 0 aliphatic heterocycles. The van der Waals surface area contributed by atoms with Crippen LogP contribution in [0.3, 0.4) is 0 Å². The van der Waals surface area contributed by atoms with E-state index < -0.39 is 0 Å². The SMILES string of the molecule is CCCCCCCNCc1ccc(OCc2ccc(Cl)cc2)c(OC)c1.Cl. The van der Waals surface area contributed by atoms with E-state index in [0.29, 0.717) is 6.61 Å². The molecule has 3 nitrogen and oxygen atoms in total. The Balaban J connectivity index is 0.00000364. The Labute approximate surface area is 174 Å². The summed E-state index contributed by atoms with van der Waals surface area (Å²) < 4.78 is 11.4. The predicted molar refractivity (Wildman–Crippen MR) is 116 cm³/mol. The van der Waals surface area contributed by atoms with Crippen LogP contribution in [0.1, 0.15) is 50.2 Å². The van der Waals surface area contributed by atoms with Crippen molar-refractivity contribution in [3.63, 3.8) is 0 Å². The molecule has 0 spiro atoms. The van der Waals surface area contributed by atoms with Crippen LogP contribution in [0.25, 0.3) is 0 Å². The van der Waals surface area contributed by atoms with Gasteiger partial charge in [-0.05, 0) is 48.4 Å². The van der Waals surface area contributed by atoms with Crippen LogP contribution in [0.15, 0.2) is 42.5 Å². The average Bonchev–Trinajstić information content (AvgIpc) is 2.67. The molecule has 0 atom stereocenters. The summed E-state index contributed by atoms with van der Waals surface area (Å²) in [6.07, 6.45) is 6.51. The molecule has 5 heteroatoms. The molecule has 1 N–H and O–H groups in total. The summed E-state index contributed by atoms with van der Waals surface area (Å²) in [5.74, 6) is 1.52. The van der Waals surface area contributed by atoms with Crippen molar-refractivity contribution >= 4 is 24.0 Å². The number of methoxy groups -OCH3 is 1. The van der Waals surface area contributed by atoms with Gasteiger partial charge < -0.3 is 14.8 Å². The Morgan fingerprint density at radius 2 is 1.59 bits per heavy atom. The molecule has 0 aliphatic rings. The molecule has 0 heterocycles. The first kappa shape index (κ1) is 23.6. The highest BCUT2D eigenvalue weighted by Crippen LogP contribution is 2.29. The van der Waals surface area contributed by atoms with Crippen LogP contribution >= 0.6 is 24.0 Å². The first-order chi connectivity index (χ1) is 12.7. The molecular formula is C22H31Cl2NO2. The van der Waals surface area contributed by atoms with Crippen molar-refractivity contribution in [1.82, 2.24) is 5.32 Å². The molecule has 2 aromatic carbocycles. The van der Waals surface area contributed by atoms with E-state index in [4.69, 9.17) is 21.1 Å². The minimum Gasteiger partial charge on any atom is -0.493 e. The molecule has 0 amide bonds. The predicted octanol–water partition coefficient (Wildman–Crippen LogP) is 6.41. The van der Waals surface area contributed by atoms with Gasteiger partial charge in [-0.1, -0.05) is 62.4 Å². The van der Waals surface area contributed by atoms with Gasteiger partial charge in [0.25, 0.3) is 0 Å². The van der Waals surface area contributed by atoms with E-state index in [1.165, 1.54) is 37.7 Å². The van der Waals surface area contributed by atoms with Gasteiger partial charge in [0.1, 0.15) is 6.61 Å². The summed E-state index contributed by atoms with van der Waals surface area (Å²) in [7, 11) is 1.68. The third-order valence-electron chi connectivity index (χ3n) is 4.32. The van der Waals surface area contributed by atoms with Crippen LogP contribution in [-0.4, -0.2) is 13.7 Å². The largest absolute Gasteiger partial charge is 0.493 e. The Hall–Kier alpha value is -1.42. The van der Waals surface area contributed by atoms with Crippen molar-refractivity contribution in [1.29, 1.82) is 0 Å². The Kier molecular flexibility index (Phi) is 12.0. The molecule has 0 saturated heterocycles. The zero-order valence-corrected chi connectivity index (χ0v) is 17.9. The van der Waals surface area contributed by atoms with E-state index in [1.807, 2.05) is 36.4 Å². The van der Waals surface area contributed by atoms with Crippen LogP contribution in [0.4, 0.5) is 0 Å². The lowest BCUT2D eigenvalue weighted by molar-refractivity contribution is 0.284. The maximum atomic E-state index is 5.91. The number of hydrogen-bond acceptors (Lipinski definition) is 3. The second-order valence-corrected chi connectivity index (χ2v) is 6.93. The fourth-order valence-electron chi connectivity index (χ4n) is 2.77. The van der Waals surface area contributed by atoms with E-state index in [1.54, 1.807) is 7.11 Å². The van der Waals surface area contributed by atoms with E-state index in [-0.39, 0.29) is 12.4 Å². The molecule has 0 radical (unpaired) electrons. The summed E-state index contributed by atoms with van der Waals surface area (Å²) in [5.41, 5.74) is 2.28. The zero-order valence-electron chi connectivity index (χ0n) is 16.3. The normalized spacial score (nSPS) is 10.3. The highest BCUT2D eigenvalue weighted by molar-refractivity contribution is 6.30. The van der Waals surface area contributed by atoms with Gasteiger partial charge in [0.2, 0.25) is 0 Å². The number of nitrogens with one attached hydrogen (secondary N) is 1. The number of ether oxygens (including phenoxy) is 2. The fraction of sp³-hybridized carbons (Fsp3) is 0.455. The van der Waals surface area contributed by atoms with Crippen LogP contribution in [0.5, 0.6) is 11.5 Å². The zero-order chi connectivity index (χ0) is 18.6. The molecule has 2 aromatic rings. The monoisotopic (exact) mass is 411 g/mol. The quantitative estimate of drug-likeness (QED) is 0.409. The minimum atomic E-state index is 0. The maximum absolute atomic E-state index is 5.91. The second kappa shape index (κ2) is 13.7. The van der Waals surface area contributed by atoms with Crippen molar-refractivity contribution in [3.8, 4) is 11.5 Å². The smallest absolute Gasteiger partial charge is 0.161 e. The lowest BCUT2D eigenvalue weighted by Crippen LogP contribution is -2.14. The highest BCUT2D eigenvalue weighted by Gasteiger charge is 2.06. The van der Waals surface area contributed by atoms with Gasteiger partial charge in [0.05, 0.1) is 7.11 Å². The van der Waals surface area contributed by atoms with Crippen molar-refractivity contribution in [2.75, 3.05) is 13.7 Å². The molecule has 27 heavy (non-hydrogen) atoms. The Morgan fingerprint density at radius 1 is 0.889 bits per heavy atom. The van der Waals surface area contributed by atoms with E-state index in [0.717, 1.165) is 35.2 Å². The third kappa shape index (κ3) is 8.87. The summed E-state index contributed by atoms with van der Waals surface area (Å²) in [6, 6.07) is 13.8. The van der Waals surface area contributed by atoms with Gasteiger partial charge in [-0.2, -0.15) is 0 Å². The van der Waals surface area contributed by atoms with Gasteiger partial charge in [0.15, 0.2) is 11.5 Å². The van der Waals surface area contributed by atoms with Crippen molar-refractivity contribution in [2.24, 2.45) is 0 Å². The number of benzene rings is 2. The van der Waals surface area contributed by atoms with Crippen molar-refractivity contribution in [3.05, 3.63) is 58.6 Å². The molecule has 0 aromatic heterocycles. The van der Waals surface area contributed by atoms with Crippen molar-refractivity contribution in [2.45, 2.75) is 52.2 Å².